The number of benzene rings is 1. The van der Waals surface area contributed by atoms with Crippen molar-refractivity contribution >= 4 is 0 Å². The SMILES string of the molecule is C/C=C(\CC)OCc1ccc(C)cc1. The van der Waals surface area contributed by atoms with E-state index < -0.39 is 0 Å². The van der Waals surface area contributed by atoms with Gasteiger partial charge in [0.15, 0.2) is 0 Å². The van der Waals surface area contributed by atoms with Gasteiger partial charge in [0.2, 0.25) is 0 Å². The zero-order valence-corrected chi connectivity index (χ0v) is 9.21. The fourth-order valence-electron chi connectivity index (χ4n) is 1.25. The average Bonchev–Trinajstić information content (AvgIpc) is 2.22. The van der Waals surface area contributed by atoms with Crippen LogP contribution in [0.3, 0.4) is 0 Å². The molecule has 76 valence electrons. The van der Waals surface area contributed by atoms with Crippen LogP contribution in [-0.4, -0.2) is 0 Å². The van der Waals surface area contributed by atoms with E-state index in [9.17, 15) is 0 Å². The lowest BCUT2D eigenvalue weighted by molar-refractivity contribution is 0.191. The fourth-order valence-corrected chi connectivity index (χ4v) is 1.25. The molecule has 1 aromatic rings. The predicted molar refractivity (Wildman–Crippen MR) is 60.0 cm³/mol. The molecular weight excluding hydrogens is 172 g/mol. The van der Waals surface area contributed by atoms with Crippen LogP contribution in [0.1, 0.15) is 31.4 Å². The van der Waals surface area contributed by atoms with Crippen molar-refractivity contribution in [3.8, 4) is 0 Å². The Bertz CT molecular complexity index is 296. The van der Waals surface area contributed by atoms with Crippen molar-refractivity contribution in [2.24, 2.45) is 0 Å². The van der Waals surface area contributed by atoms with Crippen molar-refractivity contribution in [3.05, 3.63) is 47.2 Å². The summed E-state index contributed by atoms with van der Waals surface area (Å²) < 4.78 is 5.63. The standard InChI is InChI=1S/C13H18O/c1-4-13(5-2)14-10-12-8-6-11(3)7-9-12/h4,6-9H,5,10H2,1-3H3/b13-4+. The summed E-state index contributed by atoms with van der Waals surface area (Å²) in [6.07, 6.45) is 2.98. The van der Waals surface area contributed by atoms with E-state index in [1.54, 1.807) is 0 Å². The lowest BCUT2D eigenvalue weighted by Crippen LogP contribution is -1.92. The molecule has 0 aliphatic carbocycles. The van der Waals surface area contributed by atoms with E-state index in [1.807, 2.05) is 13.0 Å². The number of aryl methyl sites for hydroxylation is 1. The van der Waals surface area contributed by atoms with E-state index >= 15 is 0 Å². The highest BCUT2D eigenvalue weighted by Crippen LogP contribution is 2.09. The first kappa shape index (κ1) is 10.8. The molecule has 0 aliphatic rings. The molecule has 0 N–H and O–H groups in total. The molecule has 1 nitrogen and oxygen atoms in total. The van der Waals surface area contributed by atoms with Crippen LogP contribution in [0.25, 0.3) is 0 Å². The van der Waals surface area contributed by atoms with Crippen LogP contribution in [0.4, 0.5) is 0 Å². The van der Waals surface area contributed by atoms with Gasteiger partial charge in [0.05, 0.1) is 5.76 Å². The topological polar surface area (TPSA) is 9.23 Å². The van der Waals surface area contributed by atoms with Crippen LogP contribution >= 0.6 is 0 Å². The fraction of sp³-hybridized carbons (Fsp3) is 0.385. The lowest BCUT2D eigenvalue weighted by atomic mass is 10.2. The van der Waals surface area contributed by atoms with Crippen LogP contribution in [-0.2, 0) is 11.3 Å². The largest absolute Gasteiger partial charge is 0.494 e. The summed E-state index contributed by atoms with van der Waals surface area (Å²) in [6.45, 7) is 6.88. The van der Waals surface area contributed by atoms with E-state index in [2.05, 4.69) is 38.1 Å². The maximum Gasteiger partial charge on any atom is 0.113 e. The molecule has 0 saturated heterocycles. The van der Waals surface area contributed by atoms with Crippen LogP contribution in [0.15, 0.2) is 36.1 Å². The zero-order chi connectivity index (χ0) is 10.4. The molecule has 0 unspecified atom stereocenters. The first-order chi connectivity index (χ1) is 6.76. The molecule has 0 aliphatic heterocycles. The molecule has 0 saturated carbocycles. The Labute approximate surface area is 86.4 Å². The Kier molecular flexibility index (Phi) is 4.24. The molecule has 1 aromatic carbocycles. The van der Waals surface area contributed by atoms with Crippen molar-refractivity contribution < 1.29 is 4.74 Å². The maximum absolute atomic E-state index is 5.63. The average molecular weight is 190 g/mol. The molecule has 0 bridgehead atoms. The lowest BCUT2D eigenvalue weighted by Gasteiger charge is -2.08. The zero-order valence-electron chi connectivity index (χ0n) is 9.21. The van der Waals surface area contributed by atoms with E-state index in [0.29, 0.717) is 6.61 Å². The van der Waals surface area contributed by atoms with E-state index in [4.69, 9.17) is 4.74 Å². The van der Waals surface area contributed by atoms with Crippen LogP contribution in [0.2, 0.25) is 0 Å². The second kappa shape index (κ2) is 5.48. The monoisotopic (exact) mass is 190 g/mol. The minimum absolute atomic E-state index is 0.674. The molecule has 14 heavy (non-hydrogen) atoms. The Morgan fingerprint density at radius 2 is 1.93 bits per heavy atom. The second-order valence-corrected chi connectivity index (χ2v) is 3.38. The normalized spacial score (nSPS) is 11.5. The summed E-state index contributed by atoms with van der Waals surface area (Å²) in [4.78, 5) is 0. The van der Waals surface area contributed by atoms with Gasteiger partial charge in [-0.05, 0) is 25.5 Å². The molecule has 0 fully saturated rings. The highest BCUT2D eigenvalue weighted by molar-refractivity contribution is 5.20. The van der Waals surface area contributed by atoms with Crippen molar-refractivity contribution in [2.45, 2.75) is 33.8 Å². The highest BCUT2D eigenvalue weighted by atomic mass is 16.5. The van der Waals surface area contributed by atoms with Crippen molar-refractivity contribution in [1.29, 1.82) is 0 Å². The quantitative estimate of drug-likeness (QED) is 0.656. The Morgan fingerprint density at radius 3 is 2.43 bits per heavy atom. The third-order valence-electron chi connectivity index (χ3n) is 2.22. The summed E-state index contributed by atoms with van der Waals surface area (Å²) in [6, 6.07) is 8.44. The molecule has 1 rings (SSSR count). The summed E-state index contributed by atoms with van der Waals surface area (Å²) in [5, 5.41) is 0. The van der Waals surface area contributed by atoms with E-state index in [-0.39, 0.29) is 0 Å². The number of allylic oxidation sites excluding steroid dienone is 2. The molecule has 1 heteroatoms. The Balaban J connectivity index is 2.49. The van der Waals surface area contributed by atoms with E-state index in [1.165, 1.54) is 11.1 Å². The smallest absolute Gasteiger partial charge is 0.113 e. The van der Waals surface area contributed by atoms with Gasteiger partial charge >= 0.3 is 0 Å². The number of hydrogen-bond acceptors (Lipinski definition) is 1. The van der Waals surface area contributed by atoms with Gasteiger partial charge in [-0.25, -0.2) is 0 Å². The first-order valence-corrected chi connectivity index (χ1v) is 5.09. The molecule has 0 spiro atoms. The van der Waals surface area contributed by atoms with Gasteiger partial charge in [0, 0.05) is 6.42 Å². The summed E-state index contributed by atoms with van der Waals surface area (Å²) in [7, 11) is 0. The van der Waals surface area contributed by atoms with Gasteiger partial charge in [0.1, 0.15) is 6.61 Å². The van der Waals surface area contributed by atoms with Crippen molar-refractivity contribution in [2.75, 3.05) is 0 Å². The highest BCUT2D eigenvalue weighted by Gasteiger charge is 1.95. The third kappa shape index (κ3) is 3.25. The second-order valence-electron chi connectivity index (χ2n) is 3.38. The Morgan fingerprint density at radius 1 is 1.29 bits per heavy atom. The third-order valence-corrected chi connectivity index (χ3v) is 2.22. The molecule has 0 aromatic heterocycles. The molecule has 0 heterocycles. The van der Waals surface area contributed by atoms with Crippen LogP contribution in [0, 0.1) is 6.92 Å². The number of hydrogen-bond donors (Lipinski definition) is 0. The number of rotatable bonds is 4. The predicted octanol–water partition coefficient (Wildman–Crippen LogP) is 3.83. The van der Waals surface area contributed by atoms with Gasteiger partial charge < -0.3 is 4.74 Å². The molecular formula is C13H18O. The van der Waals surface area contributed by atoms with Crippen molar-refractivity contribution in [3.63, 3.8) is 0 Å². The first-order valence-electron chi connectivity index (χ1n) is 5.09. The Hall–Kier alpha value is -1.24. The molecule has 0 atom stereocenters. The minimum atomic E-state index is 0.674. The van der Waals surface area contributed by atoms with Crippen molar-refractivity contribution in [1.82, 2.24) is 0 Å². The van der Waals surface area contributed by atoms with Gasteiger partial charge in [-0.2, -0.15) is 0 Å². The van der Waals surface area contributed by atoms with Gasteiger partial charge in [0.25, 0.3) is 0 Å². The van der Waals surface area contributed by atoms with E-state index in [0.717, 1.165) is 12.2 Å². The van der Waals surface area contributed by atoms with Crippen LogP contribution in [0.5, 0.6) is 0 Å². The summed E-state index contributed by atoms with van der Waals surface area (Å²) >= 11 is 0. The van der Waals surface area contributed by atoms with Gasteiger partial charge in [-0.15, -0.1) is 0 Å². The maximum atomic E-state index is 5.63. The van der Waals surface area contributed by atoms with Gasteiger partial charge in [-0.3, -0.25) is 0 Å². The summed E-state index contributed by atoms with van der Waals surface area (Å²) in [5.74, 6) is 1.06. The van der Waals surface area contributed by atoms with Gasteiger partial charge in [-0.1, -0.05) is 36.8 Å². The van der Waals surface area contributed by atoms with Crippen LogP contribution < -0.4 is 0 Å². The minimum Gasteiger partial charge on any atom is -0.494 e. The molecule has 0 amide bonds. The number of ether oxygens (including phenoxy) is 1. The molecule has 0 radical (unpaired) electrons. The summed E-state index contributed by atoms with van der Waals surface area (Å²) in [5.41, 5.74) is 2.51.